The highest BCUT2D eigenvalue weighted by molar-refractivity contribution is 5.78. The molecule has 2 fully saturated rings. The molecule has 0 heterocycles. The van der Waals surface area contributed by atoms with E-state index in [-0.39, 0.29) is 5.92 Å². The lowest BCUT2D eigenvalue weighted by Crippen LogP contribution is -2.41. The first-order chi connectivity index (χ1) is 10.0. The van der Waals surface area contributed by atoms with Crippen molar-refractivity contribution in [3.8, 4) is 0 Å². The lowest BCUT2D eigenvalue weighted by atomic mass is 9.77. The first-order valence-corrected chi connectivity index (χ1v) is 9.02. The van der Waals surface area contributed by atoms with Gasteiger partial charge >= 0.3 is 0 Å². The second-order valence-corrected chi connectivity index (χ2v) is 7.99. The molecule has 1 amide bonds. The number of nitrogens with two attached hydrogens (primary N) is 1. The van der Waals surface area contributed by atoms with Crippen LogP contribution in [-0.2, 0) is 4.79 Å². The van der Waals surface area contributed by atoms with Gasteiger partial charge in [0.2, 0.25) is 5.91 Å². The number of rotatable bonds is 6. The van der Waals surface area contributed by atoms with Crippen LogP contribution in [0.25, 0.3) is 0 Å². The molecule has 122 valence electrons. The predicted octanol–water partition coefficient (Wildman–Crippen LogP) is 3.47. The molecule has 2 atom stereocenters. The number of nitrogens with one attached hydrogen (secondary N) is 1. The number of hydrogen-bond acceptors (Lipinski definition) is 2. The maximum Gasteiger partial charge on any atom is 0.223 e. The van der Waals surface area contributed by atoms with E-state index in [0.717, 1.165) is 38.3 Å². The van der Waals surface area contributed by atoms with Crippen LogP contribution in [0.4, 0.5) is 0 Å². The van der Waals surface area contributed by atoms with Gasteiger partial charge in [-0.15, -0.1) is 0 Å². The maximum atomic E-state index is 12.5. The molecule has 0 bridgehead atoms. The highest BCUT2D eigenvalue weighted by Crippen LogP contribution is 2.42. The minimum atomic E-state index is 0.213. The lowest BCUT2D eigenvalue weighted by molar-refractivity contribution is -0.127. The van der Waals surface area contributed by atoms with Crippen LogP contribution in [0.3, 0.4) is 0 Å². The summed E-state index contributed by atoms with van der Waals surface area (Å²) in [5, 5.41) is 3.31. The summed E-state index contributed by atoms with van der Waals surface area (Å²) in [6.45, 7) is 6.23. The van der Waals surface area contributed by atoms with Crippen molar-refractivity contribution in [2.45, 2.75) is 71.6 Å². The third-order valence-electron chi connectivity index (χ3n) is 5.63. The Morgan fingerprint density at radius 2 is 1.95 bits per heavy atom. The van der Waals surface area contributed by atoms with E-state index in [1.807, 2.05) is 0 Å². The van der Waals surface area contributed by atoms with Crippen molar-refractivity contribution in [1.29, 1.82) is 0 Å². The van der Waals surface area contributed by atoms with Crippen molar-refractivity contribution in [3.63, 3.8) is 0 Å². The second kappa shape index (κ2) is 7.62. The third kappa shape index (κ3) is 4.70. The smallest absolute Gasteiger partial charge is 0.223 e. The molecule has 0 aliphatic heterocycles. The molecule has 3 heteroatoms. The Kier molecular flexibility index (Phi) is 6.09. The van der Waals surface area contributed by atoms with Crippen molar-refractivity contribution >= 4 is 5.91 Å². The quantitative estimate of drug-likeness (QED) is 0.788. The highest BCUT2D eigenvalue weighted by Gasteiger charge is 2.35. The standard InChI is InChI=1S/C18H34N2O/c1-14(2)11-18(8-3-4-9-18)13-20-17(21)16-7-5-6-15(10-16)12-19/h14-16H,3-13,19H2,1-2H3,(H,20,21). The minimum Gasteiger partial charge on any atom is -0.355 e. The van der Waals surface area contributed by atoms with Gasteiger partial charge in [-0.1, -0.05) is 33.1 Å². The van der Waals surface area contributed by atoms with Crippen molar-refractivity contribution in [3.05, 3.63) is 0 Å². The third-order valence-corrected chi connectivity index (χ3v) is 5.63. The second-order valence-electron chi connectivity index (χ2n) is 7.99. The fraction of sp³-hybridized carbons (Fsp3) is 0.944. The first-order valence-electron chi connectivity index (χ1n) is 9.02. The van der Waals surface area contributed by atoms with Crippen molar-refractivity contribution < 1.29 is 4.79 Å². The van der Waals surface area contributed by atoms with Gasteiger partial charge in [0, 0.05) is 12.5 Å². The van der Waals surface area contributed by atoms with E-state index >= 15 is 0 Å². The van der Waals surface area contributed by atoms with Gasteiger partial charge in [0.15, 0.2) is 0 Å². The molecule has 2 unspecified atom stereocenters. The zero-order chi connectivity index (χ0) is 15.3. The van der Waals surface area contributed by atoms with E-state index in [9.17, 15) is 4.79 Å². The lowest BCUT2D eigenvalue weighted by Gasteiger charge is -2.33. The Morgan fingerprint density at radius 3 is 2.57 bits per heavy atom. The average Bonchev–Trinajstić information content (AvgIpc) is 2.93. The fourth-order valence-electron chi connectivity index (χ4n) is 4.61. The summed E-state index contributed by atoms with van der Waals surface area (Å²) in [6, 6.07) is 0. The molecule has 2 rings (SSSR count). The van der Waals surface area contributed by atoms with E-state index in [2.05, 4.69) is 19.2 Å². The Morgan fingerprint density at radius 1 is 1.24 bits per heavy atom. The van der Waals surface area contributed by atoms with E-state index in [1.165, 1.54) is 38.5 Å². The van der Waals surface area contributed by atoms with E-state index in [0.29, 0.717) is 17.2 Å². The summed E-state index contributed by atoms with van der Waals surface area (Å²) >= 11 is 0. The number of carbonyl (C=O) groups excluding carboxylic acids is 1. The maximum absolute atomic E-state index is 12.5. The van der Waals surface area contributed by atoms with Gasteiger partial charge in [-0.2, -0.15) is 0 Å². The molecule has 2 saturated carbocycles. The highest BCUT2D eigenvalue weighted by atomic mass is 16.1. The molecule has 0 aromatic carbocycles. The molecule has 2 aliphatic rings. The Hall–Kier alpha value is -0.570. The molecule has 21 heavy (non-hydrogen) atoms. The summed E-state index contributed by atoms with van der Waals surface area (Å²) in [5.74, 6) is 1.79. The van der Waals surface area contributed by atoms with Crippen molar-refractivity contribution in [2.24, 2.45) is 28.9 Å². The summed E-state index contributed by atoms with van der Waals surface area (Å²) in [7, 11) is 0. The van der Waals surface area contributed by atoms with E-state index in [1.54, 1.807) is 0 Å². The molecular formula is C18H34N2O. The van der Waals surface area contributed by atoms with Crippen LogP contribution < -0.4 is 11.1 Å². The van der Waals surface area contributed by atoms with Crippen LogP contribution in [-0.4, -0.2) is 19.0 Å². The first kappa shape index (κ1) is 16.8. The number of carbonyl (C=O) groups is 1. The number of amides is 1. The van der Waals surface area contributed by atoms with Crippen LogP contribution >= 0.6 is 0 Å². The molecular weight excluding hydrogens is 260 g/mol. The monoisotopic (exact) mass is 294 g/mol. The van der Waals surface area contributed by atoms with Crippen LogP contribution in [0, 0.1) is 23.2 Å². The predicted molar refractivity (Wildman–Crippen MR) is 87.9 cm³/mol. The van der Waals surface area contributed by atoms with Gasteiger partial charge < -0.3 is 11.1 Å². The summed E-state index contributed by atoms with van der Waals surface area (Å²) in [4.78, 5) is 12.5. The SMILES string of the molecule is CC(C)CC1(CNC(=O)C2CCCC(CN)C2)CCCC1. The molecule has 0 aromatic heterocycles. The Bertz CT molecular complexity index is 334. The zero-order valence-electron chi connectivity index (χ0n) is 14.0. The van der Waals surface area contributed by atoms with Gasteiger partial charge in [0.1, 0.15) is 0 Å². The Balaban J connectivity index is 1.84. The number of hydrogen-bond donors (Lipinski definition) is 2. The van der Waals surface area contributed by atoms with Crippen LogP contribution in [0.5, 0.6) is 0 Å². The van der Waals surface area contributed by atoms with E-state index in [4.69, 9.17) is 5.73 Å². The van der Waals surface area contributed by atoms with Crippen molar-refractivity contribution in [2.75, 3.05) is 13.1 Å². The average molecular weight is 294 g/mol. The molecule has 3 nitrogen and oxygen atoms in total. The van der Waals surface area contributed by atoms with Gasteiger partial charge in [0.05, 0.1) is 0 Å². The van der Waals surface area contributed by atoms with E-state index < -0.39 is 0 Å². The van der Waals surface area contributed by atoms with Gasteiger partial charge in [-0.3, -0.25) is 4.79 Å². The molecule has 0 saturated heterocycles. The summed E-state index contributed by atoms with van der Waals surface area (Å²) in [6.07, 6.45) is 10.9. The van der Waals surface area contributed by atoms with Crippen LogP contribution in [0.1, 0.15) is 71.6 Å². The van der Waals surface area contributed by atoms with Gasteiger partial charge in [0.25, 0.3) is 0 Å². The topological polar surface area (TPSA) is 55.1 Å². The molecule has 2 aliphatic carbocycles. The van der Waals surface area contributed by atoms with Gasteiger partial charge in [-0.25, -0.2) is 0 Å². The molecule has 0 spiro atoms. The van der Waals surface area contributed by atoms with Crippen molar-refractivity contribution in [1.82, 2.24) is 5.32 Å². The Labute approximate surface area is 130 Å². The minimum absolute atomic E-state index is 0.213. The molecule has 0 radical (unpaired) electrons. The normalized spacial score (nSPS) is 28.8. The molecule has 3 N–H and O–H groups in total. The molecule has 0 aromatic rings. The van der Waals surface area contributed by atoms with Gasteiger partial charge in [-0.05, 0) is 62.3 Å². The van der Waals surface area contributed by atoms with Crippen LogP contribution in [0.2, 0.25) is 0 Å². The largest absolute Gasteiger partial charge is 0.355 e. The zero-order valence-corrected chi connectivity index (χ0v) is 14.0. The fourth-order valence-corrected chi connectivity index (χ4v) is 4.61. The van der Waals surface area contributed by atoms with Crippen LogP contribution in [0.15, 0.2) is 0 Å². The summed E-state index contributed by atoms with van der Waals surface area (Å²) < 4.78 is 0. The summed E-state index contributed by atoms with van der Waals surface area (Å²) in [5.41, 5.74) is 6.16.